The summed E-state index contributed by atoms with van der Waals surface area (Å²) in [7, 11) is -3.62. The van der Waals surface area contributed by atoms with Crippen LogP contribution in [-0.2, 0) is 16.6 Å². The Morgan fingerprint density at radius 3 is 2.33 bits per heavy atom. The van der Waals surface area contributed by atoms with Crippen LogP contribution in [0, 0.1) is 11.8 Å². The molecule has 2 aliphatic carbocycles. The molecular weight excluding hydrogens is 420 g/mol. The summed E-state index contributed by atoms with van der Waals surface area (Å²) in [6, 6.07) is 13.7. The molecule has 2 bridgehead atoms. The minimum Gasteiger partial charge on any atom is -0.349 e. The number of carbonyl (C=O) groups is 1. The van der Waals surface area contributed by atoms with Crippen molar-refractivity contribution in [3.05, 3.63) is 64.7 Å². The lowest BCUT2D eigenvalue weighted by molar-refractivity contribution is 0.0923. The van der Waals surface area contributed by atoms with Crippen LogP contribution in [0.25, 0.3) is 0 Å². The van der Waals surface area contributed by atoms with Crippen molar-refractivity contribution in [2.75, 3.05) is 6.54 Å². The summed E-state index contributed by atoms with van der Waals surface area (Å²) in [4.78, 5) is 12.8. The van der Waals surface area contributed by atoms with Gasteiger partial charge in [0.1, 0.15) is 0 Å². The zero-order chi connectivity index (χ0) is 21.3. The number of hydrogen-bond acceptors (Lipinski definition) is 3. The van der Waals surface area contributed by atoms with E-state index in [4.69, 9.17) is 11.6 Å². The van der Waals surface area contributed by atoms with Crippen LogP contribution in [-0.4, -0.2) is 31.2 Å². The second kappa shape index (κ2) is 8.69. The summed E-state index contributed by atoms with van der Waals surface area (Å²) in [5, 5.41) is 3.69. The zero-order valence-electron chi connectivity index (χ0n) is 17.1. The Morgan fingerprint density at radius 1 is 1.07 bits per heavy atom. The molecule has 1 N–H and O–H groups in total. The Kier molecular flexibility index (Phi) is 6.19. The fraction of sp³-hybridized carbons (Fsp3) is 0.435. The van der Waals surface area contributed by atoms with E-state index in [0.717, 1.165) is 17.9 Å². The summed E-state index contributed by atoms with van der Waals surface area (Å²) in [5.41, 5.74) is 1.45. The molecule has 1 amide bonds. The van der Waals surface area contributed by atoms with Gasteiger partial charge in [0.15, 0.2) is 0 Å². The molecule has 3 atom stereocenters. The number of benzene rings is 2. The maximum absolute atomic E-state index is 12.9. The number of nitrogens with zero attached hydrogens (tertiary/aromatic N) is 1. The molecule has 0 aromatic heterocycles. The molecule has 160 valence electrons. The van der Waals surface area contributed by atoms with Crippen molar-refractivity contribution in [3.8, 4) is 0 Å². The molecule has 4 rings (SSSR count). The van der Waals surface area contributed by atoms with Gasteiger partial charge in [-0.3, -0.25) is 4.79 Å². The lowest BCUT2D eigenvalue weighted by atomic mass is 9.95. The van der Waals surface area contributed by atoms with E-state index in [1.807, 2.05) is 19.1 Å². The molecule has 2 aromatic carbocycles. The van der Waals surface area contributed by atoms with Crippen LogP contribution < -0.4 is 5.32 Å². The SMILES string of the molecule is CCN(Cc1ccc(C(=O)NC2CC3CCC2C3)cc1)S(=O)(=O)c1ccc(Cl)cc1. The fourth-order valence-electron chi connectivity index (χ4n) is 4.76. The summed E-state index contributed by atoms with van der Waals surface area (Å²) in [5.74, 6) is 1.37. The van der Waals surface area contributed by atoms with Crippen LogP contribution in [0.5, 0.6) is 0 Å². The number of nitrogens with one attached hydrogen (secondary N) is 1. The molecule has 0 radical (unpaired) electrons. The number of amides is 1. The first-order chi connectivity index (χ1) is 14.4. The van der Waals surface area contributed by atoms with Crippen molar-refractivity contribution in [3.63, 3.8) is 0 Å². The van der Waals surface area contributed by atoms with Gasteiger partial charge in [-0.1, -0.05) is 37.1 Å². The van der Waals surface area contributed by atoms with E-state index in [-0.39, 0.29) is 17.3 Å². The maximum atomic E-state index is 12.9. The predicted octanol–water partition coefficient (Wildman–Crippen LogP) is 4.47. The quantitative estimate of drug-likeness (QED) is 0.682. The average molecular weight is 447 g/mol. The van der Waals surface area contributed by atoms with Crippen molar-refractivity contribution in [1.82, 2.24) is 9.62 Å². The first kappa shape index (κ1) is 21.3. The van der Waals surface area contributed by atoms with E-state index >= 15 is 0 Å². The molecule has 2 saturated carbocycles. The standard InChI is InChI=1S/C23H27ClN2O3S/c1-2-26(30(28,29)21-11-9-20(24)10-12-21)15-16-3-6-18(7-4-16)23(27)25-22-14-17-5-8-19(22)13-17/h3-4,6-7,9-12,17,19,22H,2,5,8,13-15H2,1H3,(H,25,27). The van der Waals surface area contributed by atoms with Crippen molar-refractivity contribution in [2.45, 2.75) is 50.1 Å². The van der Waals surface area contributed by atoms with Gasteiger partial charge >= 0.3 is 0 Å². The van der Waals surface area contributed by atoms with Gasteiger partial charge in [0.25, 0.3) is 5.91 Å². The van der Waals surface area contributed by atoms with Crippen molar-refractivity contribution >= 4 is 27.5 Å². The third-order valence-corrected chi connectivity index (χ3v) is 8.62. The maximum Gasteiger partial charge on any atom is 0.251 e. The fourth-order valence-corrected chi connectivity index (χ4v) is 6.32. The van der Waals surface area contributed by atoms with Crippen LogP contribution in [0.4, 0.5) is 0 Å². The van der Waals surface area contributed by atoms with Gasteiger partial charge in [-0.2, -0.15) is 4.31 Å². The summed E-state index contributed by atoms with van der Waals surface area (Å²) >= 11 is 5.88. The molecule has 3 unspecified atom stereocenters. The number of rotatable bonds is 7. The Hall–Kier alpha value is -1.89. The highest BCUT2D eigenvalue weighted by molar-refractivity contribution is 7.89. The van der Waals surface area contributed by atoms with Crippen LogP contribution in [0.1, 0.15) is 48.5 Å². The van der Waals surface area contributed by atoms with Crippen LogP contribution in [0.2, 0.25) is 5.02 Å². The van der Waals surface area contributed by atoms with Gasteiger partial charge in [-0.15, -0.1) is 0 Å². The van der Waals surface area contributed by atoms with Gasteiger partial charge in [0.2, 0.25) is 10.0 Å². The lowest BCUT2D eigenvalue weighted by Gasteiger charge is -2.23. The summed E-state index contributed by atoms with van der Waals surface area (Å²) in [6.07, 6.45) is 4.88. The molecule has 5 nitrogen and oxygen atoms in total. The Balaban J connectivity index is 1.41. The molecule has 0 spiro atoms. The molecule has 2 aromatic rings. The normalized spacial score (nSPS) is 23.1. The molecule has 0 aliphatic heterocycles. The highest BCUT2D eigenvalue weighted by Crippen LogP contribution is 2.44. The lowest BCUT2D eigenvalue weighted by Crippen LogP contribution is -2.38. The van der Waals surface area contributed by atoms with E-state index < -0.39 is 10.0 Å². The largest absolute Gasteiger partial charge is 0.349 e. The molecule has 0 heterocycles. The van der Waals surface area contributed by atoms with Crippen molar-refractivity contribution in [1.29, 1.82) is 0 Å². The van der Waals surface area contributed by atoms with Gasteiger partial charge < -0.3 is 5.32 Å². The predicted molar refractivity (Wildman–Crippen MR) is 118 cm³/mol. The molecule has 2 fully saturated rings. The van der Waals surface area contributed by atoms with Crippen LogP contribution >= 0.6 is 11.6 Å². The third kappa shape index (κ3) is 4.41. The summed E-state index contributed by atoms with van der Waals surface area (Å²) < 4.78 is 27.3. The number of carbonyl (C=O) groups excluding carboxylic acids is 1. The monoisotopic (exact) mass is 446 g/mol. The molecule has 2 aliphatic rings. The Labute approximate surface area is 183 Å². The topological polar surface area (TPSA) is 66.5 Å². The number of halogens is 1. The smallest absolute Gasteiger partial charge is 0.251 e. The second-order valence-corrected chi connectivity index (χ2v) is 10.7. The van der Waals surface area contributed by atoms with E-state index in [9.17, 15) is 13.2 Å². The van der Waals surface area contributed by atoms with Gasteiger partial charge in [0, 0.05) is 29.7 Å². The second-order valence-electron chi connectivity index (χ2n) is 8.34. The minimum atomic E-state index is -3.62. The van der Waals surface area contributed by atoms with Gasteiger partial charge in [-0.05, 0) is 73.1 Å². The first-order valence-corrected chi connectivity index (χ1v) is 12.3. The Morgan fingerprint density at radius 2 is 1.77 bits per heavy atom. The highest BCUT2D eigenvalue weighted by Gasteiger charge is 2.40. The summed E-state index contributed by atoms with van der Waals surface area (Å²) in [6.45, 7) is 2.40. The molecular formula is C23H27ClN2O3S. The molecule has 7 heteroatoms. The van der Waals surface area contributed by atoms with Crippen LogP contribution in [0.3, 0.4) is 0 Å². The van der Waals surface area contributed by atoms with E-state index in [1.165, 1.54) is 35.7 Å². The third-order valence-electron chi connectivity index (χ3n) is 6.43. The Bertz CT molecular complexity index is 1010. The highest BCUT2D eigenvalue weighted by atomic mass is 35.5. The van der Waals surface area contributed by atoms with E-state index in [0.29, 0.717) is 29.1 Å². The first-order valence-electron chi connectivity index (χ1n) is 10.5. The number of hydrogen-bond donors (Lipinski definition) is 1. The number of fused-ring (bicyclic) bond motifs is 2. The molecule has 30 heavy (non-hydrogen) atoms. The minimum absolute atomic E-state index is 0.0415. The van der Waals surface area contributed by atoms with Crippen molar-refractivity contribution in [2.24, 2.45) is 11.8 Å². The van der Waals surface area contributed by atoms with Crippen molar-refractivity contribution < 1.29 is 13.2 Å². The molecule has 0 saturated heterocycles. The van der Waals surface area contributed by atoms with Crippen LogP contribution in [0.15, 0.2) is 53.4 Å². The van der Waals surface area contributed by atoms with E-state index in [2.05, 4.69) is 5.32 Å². The average Bonchev–Trinajstić information content (AvgIpc) is 3.36. The zero-order valence-corrected chi connectivity index (χ0v) is 18.6. The van der Waals surface area contributed by atoms with E-state index in [1.54, 1.807) is 24.3 Å². The number of sulfonamides is 1. The van der Waals surface area contributed by atoms with Gasteiger partial charge in [-0.25, -0.2) is 8.42 Å². The van der Waals surface area contributed by atoms with Gasteiger partial charge in [0.05, 0.1) is 4.90 Å².